The standard InChI is InChI=1S/C14H11BrFN3/c1-9(11-4-2-10(7-17)3-5-11)19-14-13(16)6-12(15)8-18-14/h2-6,8-9H,1H3,(H,18,19). The fourth-order valence-electron chi connectivity index (χ4n) is 1.66. The zero-order valence-corrected chi connectivity index (χ0v) is 11.8. The van der Waals surface area contributed by atoms with Crippen molar-refractivity contribution in [2.45, 2.75) is 13.0 Å². The van der Waals surface area contributed by atoms with Crippen LogP contribution in [0, 0.1) is 17.1 Å². The maximum Gasteiger partial charge on any atom is 0.166 e. The van der Waals surface area contributed by atoms with Crippen molar-refractivity contribution in [2.24, 2.45) is 0 Å². The van der Waals surface area contributed by atoms with Gasteiger partial charge < -0.3 is 5.32 Å². The van der Waals surface area contributed by atoms with Gasteiger partial charge in [0.05, 0.1) is 17.7 Å². The highest BCUT2D eigenvalue weighted by Crippen LogP contribution is 2.22. The van der Waals surface area contributed by atoms with Gasteiger partial charge in [0, 0.05) is 10.7 Å². The van der Waals surface area contributed by atoms with Crippen LogP contribution in [0.4, 0.5) is 10.2 Å². The molecule has 1 heterocycles. The van der Waals surface area contributed by atoms with Gasteiger partial charge in [-0.2, -0.15) is 5.26 Å². The monoisotopic (exact) mass is 319 g/mol. The third kappa shape index (κ3) is 3.30. The largest absolute Gasteiger partial charge is 0.361 e. The van der Waals surface area contributed by atoms with E-state index in [0.717, 1.165) is 5.56 Å². The van der Waals surface area contributed by atoms with Crippen molar-refractivity contribution in [2.75, 3.05) is 5.32 Å². The second-order valence-electron chi connectivity index (χ2n) is 4.08. The minimum atomic E-state index is -0.408. The third-order valence-corrected chi connectivity index (χ3v) is 3.13. The van der Waals surface area contributed by atoms with Gasteiger partial charge in [0.1, 0.15) is 0 Å². The van der Waals surface area contributed by atoms with Gasteiger partial charge in [-0.05, 0) is 46.6 Å². The average Bonchev–Trinajstić information content (AvgIpc) is 2.42. The van der Waals surface area contributed by atoms with Gasteiger partial charge in [-0.1, -0.05) is 12.1 Å². The van der Waals surface area contributed by atoms with Crippen LogP contribution in [0.5, 0.6) is 0 Å². The molecule has 0 aliphatic heterocycles. The molecule has 0 radical (unpaired) electrons. The summed E-state index contributed by atoms with van der Waals surface area (Å²) in [5, 5.41) is 11.7. The first-order chi connectivity index (χ1) is 9.10. The summed E-state index contributed by atoms with van der Waals surface area (Å²) in [4.78, 5) is 3.99. The Labute approximate surface area is 119 Å². The molecule has 1 N–H and O–H groups in total. The van der Waals surface area contributed by atoms with E-state index in [2.05, 4.69) is 32.3 Å². The van der Waals surface area contributed by atoms with Crippen LogP contribution in [0.3, 0.4) is 0 Å². The molecule has 1 unspecified atom stereocenters. The lowest BCUT2D eigenvalue weighted by molar-refractivity contribution is 0.620. The van der Waals surface area contributed by atoms with E-state index in [9.17, 15) is 4.39 Å². The van der Waals surface area contributed by atoms with Crippen LogP contribution in [-0.4, -0.2) is 4.98 Å². The van der Waals surface area contributed by atoms with Gasteiger partial charge in [-0.15, -0.1) is 0 Å². The molecule has 5 heteroatoms. The number of hydrogen-bond acceptors (Lipinski definition) is 3. The topological polar surface area (TPSA) is 48.7 Å². The highest BCUT2D eigenvalue weighted by molar-refractivity contribution is 9.10. The minimum absolute atomic E-state index is 0.101. The normalized spacial score (nSPS) is 11.7. The number of anilines is 1. The predicted molar refractivity (Wildman–Crippen MR) is 75.1 cm³/mol. The van der Waals surface area contributed by atoms with Crippen molar-refractivity contribution in [1.82, 2.24) is 4.98 Å². The summed E-state index contributed by atoms with van der Waals surface area (Å²) in [6.45, 7) is 1.91. The SMILES string of the molecule is CC(Nc1ncc(Br)cc1F)c1ccc(C#N)cc1. The van der Waals surface area contributed by atoms with E-state index in [-0.39, 0.29) is 11.9 Å². The van der Waals surface area contributed by atoms with Gasteiger partial charge in [0.25, 0.3) is 0 Å². The number of benzene rings is 1. The number of halogens is 2. The average molecular weight is 320 g/mol. The highest BCUT2D eigenvalue weighted by Gasteiger charge is 2.10. The number of aromatic nitrogens is 1. The molecule has 0 saturated heterocycles. The summed E-state index contributed by atoms with van der Waals surface area (Å²) in [6.07, 6.45) is 1.54. The number of hydrogen-bond donors (Lipinski definition) is 1. The Balaban J connectivity index is 2.16. The Morgan fingerprint density at radius 2 is 2.05 bits per heavy atom. The quantitative estimate of drug-likeness (QED) is 0.929. The van der Waals surface area contributed by atoms with Crippen LogP contribution in [0.2, 0.25) is 0 Å². The fraction of sp³-hybridized carbons (Fsp3) is 0.143. The Morgan fingerprint density at radius 1 is 1.37 bits per heavy atom. The van der Waals surface area contributed by atoms with E-state index in [0.29, 0.717) is 10.0 Å². The van der Waals surface area contributed by atoms with Crippen molar-refractivity contribution in [3.8, 4) is 6.07 Å². The Morgan fingerprint density at radius 3 is 2.63 bits per heavy atom. The van der Waals surface area contributed by atoms with Crippen molar-refractivity contribution in [1.29, 1.82) is 5.26 Å². The molecule has 19 heavy (non-hydrogen) atoms. The fourth-order valence-corrected chi connectivity index (χ4v) is 1.96. The summed E-state index contributed by atoms with van der Waals surface area (Å²) in [5.74, 6) is -0.199. The predicted octanol–water partition coefficient (Wildman–Crippen LogP) is 4.03. The lowest BCUT2D eigenvalue weighted by atomic mass is 10.1. The van der Waals surface area contributed by atoms with E-state index in [4.69, 9.17) is 5.26 Å². The lowest BCUT2D eigenvalue weighted by Gasteiger charge is -2.15. The van der Waals surface area contributed by atoms with E-state index < -0.39 is 5.82 Å². The molecule has 0 amide bonds. The van der Waals surface area contributed by atoms with Crippen LogP contribution < -0.4 is 5.32 Å². The molecule has 1 aromatic heterocycles. The van der Waals surface area contributed by atoms with E-state index in [1.807, 2.05) is 19.1 Å². The zero-order chi connectivity index (χ0) is 13.8. The van der Waals surface area contributed by atoms with Crippen molar-refractivity contribution >= 4 is 21.7 Å². The van der Waals surface area contributed by atoms with Gasteiger partial charge in [-0.25, -0.2) is 9.37 Å². The molecule has 2 rings (SSSR count). The molecule has 0 fully saturated rings. The molecular formula is C14H11BrFN3. The second kappa shape index (κ2) is 5.81. The third-order valence-electron chi connectivity index (χ3n) is 2.70. The van der Waals surface area contributed by atoms with E-state index in [1.165, 1.54) is 12.3 Å². The first-order valence-corrected chi connectivity index (χ1v) is 6.47. The van der Waals surface area contributed by atoms with Crippen molar-refractivity contribution < 1.29 is 4.39 Å². The number of rotatable bonds is 3. The lowest BCUT2D eigenvalue weighted by Crippen LogP contribution is -2.09. The summed E-state index contributed by atoms with van der Waals surface area (Å²) in [7, 11) is 0. The Kier molecular flexibility index (Phi) is 4.13. The first kappa shape index (κ1) is 13.5. The molecule has 1 aromatic carbocycles. The molecule has 2 aromatic rings. The maximum absolute atomic E-state index is 13.6. The van der Waals surface area contributed by atoms with Crippen LogP contribution in [0.25, 0.3) is 0 Å². The molecule has 0 saturated carbocycles. The number of pyridine rings is 1. The summed E-state index contributed by atoms with van der Waals surface area (Å²) in [6, 6.07) is 10.5. The molecule has 1 atom stereocenters. The molecule has 0 aliphatic rings. The molecular weight excluding hydrogens is 309 g/mol. The van der Waals surface area contributed by atoms with Crippen LogP contribution in [0.1, 0.15) is 24.1 Å². The van der Waals surface area contributed by atoms with Crippen LogP contribution in [-0.2, 0) is 0 Å². The zero-order valence-electron chi connectivity index (χ0n) is 10.2. The molecule has 96 valence electrons. The maximum atomic E-state index is 13.6. The Bertz CT molecular complexity index is 620. The number of nitrogens with zero attached hydrogens (tertiary/aromatic N) is 2. The smallest absolute Gasteiger partial charge is 0.166 e. The van der Waals surface area contributed by atoms with Crippen LogP contribution in [0.15, 0.2) is 41.0 Å². The van der Waals surface area contributed by atoms with Crippen LogP contribution >= 0.6 is 15.9 Å². The highest BCUT2D eigenvalue weighted by atomic mass is 79.9. The molecule has 0 aliphatic carbocycles. The van der Waals surface area contributed by atoms with Gasteiger partial charge in [0.2, 0.25) is 0 Å². The van der Waals surface area contributed by atoms with Gasteiger partial charge >= 0.3 is 0 Å². The molecule has 0 spiro atoms. The number of nitriles is 1. The summed E-state index contributed by atoms with van der Waals surface area (Å²) >= 11 is 3.16. The summed E-state index contributed by atoms with van der Waals surface area (Å²) in [5.41, 5.74) is 1.56. The van der Waals surface area contributed by atoms with Crippen molar-refractivity contribution in [3.63, 3.8) is 0 Å². The minimum Gasteiger partial charge on any atom is -0.361 e. The van der Waals surface area contributed by atoms with Gasteiger partial charge in [0.15, 0.2) is 11.6 Å². The van der Waals surface area contributed by atoms with Gasteiger partial charge in [-0.3, -0.25) is 0 Å². The van der Waals surface area contributed by atoms with Crippen molar-refractivity contribution in [3.05, 3.63) is 57.9 Å². The molecule has 3 nitrogen and oxygen atoms in total. The first-order valence-electron chi connectivity index (χ1n) is 5.68. The summed E-state index contributed by atoms with van der Waals surface area (Å²) < 4.78 is 14.2. The van der Waals surface area contributed by atoms with E-state index >= 15 is 0 Å². The number of nitrogens with one attached hydrogen (secondary N) is 1. The Hall–Kier alpha value is -1.93. The molecule has 0 bridgehead atoms. The second-order valence-corrected chi connectivity index (χ2v) is 5.00. The van der Waals surface area contributed by atoms with E-state index in [1.54, 1.807) is 12.1 Å².